The van der Waals surface area contributed by atoms with Crippen molar-refractivity contribution in [3.05, 3.63) is 56.4 Å². The van der Waals surface area contributed by atoms with Gasteiger partial charge in [-0.25, -0.2) is 14.6 Å². The number of nitrogens with one attached hydrogen (secondary N) is 3. The van der Waals surface area contributed by atoms with Crippen molar-refractivity contribution in [3.8, 4) is 5.69 Å². The fourth-order valence-corrected chi connectivity index (χ4v) is 2.35. The van der Waals surface area contributed by atoms with Gasteiger partial charge in [-0.15, -0.1) is 5.10 Å². The van der Waals surface area contributed by atoms with Crippen LogP contribution in [0.1, 0.15) is 22.0 Å². The molecule has 0 radical (unpaired) electrons. The first-order valence-electron chi connectivity index (χ1n) is 6.96. The Bertz CT molecular complexity index is 990. The Morgan fingerprint density at radius 1 is 1.27 bits per heavy atom. The van der Waals surface area contributed by atoms with Gasteiger partial charge in [0.1, 0.15) is 5.82 Å². The molecule has 0 atom stereocenters. The number of aromatic amines is 2. The average molecular weight is 432 g/mol. The zero-order valence-corrected chi connectivity index (χ0v) is 14.2. The predicted octanol–water partition coefficient (Wildman–Crippen LogP) is 1.39. The van der Waals surface area contributed by atoms with Crippen LogP contribution in [0.5, 0.6) is 0 Å². The summed E-state index contributed by atoms with van der Waals surface area (Å²) in [4.78, 5) is 25.3. The molecule has 3 N–H and O–H groups in total. The minimum Gasteiger partial charge on any atom is -0.343 e. The van der Waals surface area contributed by atoms with Gasteiger partial charge in [0.2, 0.25) is 0 Å². The number of nitrogens with zero attached hydrogens (tertiary/aromatic N) is 4. The van der Waals surface area contributed by atoms with Crippen molar-refractivity contribution in [3.63, 3.8) is 0 Å². The van der Waals surface area contributed by atoms with E-state index in [1.54, 1.807) is 0 Å². The standard InChI is InChI=1S/C13H9BrF3N7O2/c14-6-1-3-7(4-2-6)24-10(13(15,16)17)9(21-23-24)11(25)18-5-8-19-12(26)22-20-8/h1-4H,5H2,(H,18,25)(H2,19,20,22,26). The second kappa shape index (κ2) is 6.74. The van der Waals surface area contributed by atoms with Gasteiger partial charge in [0.15, 0.2) is 11.4 Å². The summed E-state index contributed by atoms with van der Waals surface area (Å²) >= 11 is 3.18. The van der Waals surface area contributed by atoms with Crippen LogP contribution in [0, 0.1) is 0 Å². The Kier molecular flexibility index (Phi) is 4.63. The lowest BCUT2D eigenvalue weighted by Crippen LogP contribution is -2.27. The van der Waals surface area contributed by atoms with Crippen molar-refractivity contribution < 1.29 is 18.0 Å². The van der Waals surface area contributed by atoms with Crippen molar-refractivity contribution in [2.45, 2.75) is 12.7 Å². The highest BCUT2D eigenvalue weighted by Crippen LogP contribution is 2.32. The van der Waals surface area contributed by atoms with Crippen LogP contribution < -0.4 is 11.0 Å². The summed E-state index contributed by atoms with van der Waals surface area (Å²) in [6, 6.07) is 5.85. The first-order chi connectivity index (χ1) is 12.3. The number of rotatable bonds is 4. The van der Waals surface area contributed by atoms with E-state index >= 15 is 0 Å². The van der Waals surface area contributed by atoms with E-state index in [0.29, 0.717) is 9.15 Å². The van der Waals surface area contributed by atoms with E-state index in [-0.39, 0.29) is 18.1 Å². The molecule has 9 nitrogen and oxygen atoms in total. The van der Waals surface area contributed by atoms with E-state index in [2.05, 4.69) is 46.7 Å². The van der Waals surface area contributed by atoms with Gasteiger partial charge < -0.3 is 5.32 Å². The molecular weight excluding hydrogens is 423 g/mol. The maximum absolute atomic E-state index is 13.5. The molecule has 0 bridgehead atoms. The molecule has 3 rings (SSSR count). The molecule has 0 aliphatic carbocycles. The molecule has 0 saturated carbocycles. The Morgan fingerprint density at radius 2 is 1.96 bits per heavy atom. The molecule has 136 valence electrons. The fourth-order valence-electron chi connectivity index (χ4n) is 2.09. The van der Waals surface area contributed by atoms with Gasteiger partial charge in [0, 0.05) is 4.47 Å². The SMILES string of the molecule is O=C(NCc1n[nH]c(=O)[nH]1)c1nnn(-c2ccc(Br)cc2)c1C(F)(F)F. The van der Waals surface area contributed by atoms with E-state index < -0.39 is 29.2 Å². The summed E-state index contributed by atoms with van der Waals surface area (Å²) in [7, 11) is 0. The topological polar surface area (TPSA) is 121 Å². The number of carbonyl (C=O) groups excluding carboxylic acids is 1. The summed E-state index contributed by atoms with van der Waals surface area (Å²) in [5, 5.41) is 14.6. The zero-order valence-electron chi connectivity index (χ0n) is 12.6. The molecule has 13 heteroatoms. The zero-order chi connectivity index (χ0) is 18.9. The van der Waals surface area contributed by atoms with Gasteiger partial charge in [-0.3, -0.25) is 9.78 Å². The number of hydrogen-bond acceptors (Lipinski definition) is 5. The van der Waals surface area contributed by atoms with Crippen LogP contribution in [0.25, 0.3) is 5.69 Å². The number of alkyl halides is 3. The Morgan fingerprint density at radius 3 is 2.54 bits per heavy atom. The minimum absolute atomic E-state index is 0.0530. The molecule has 2 heterocycles. The lowest BCUT2D eigenvalue weighted by atomic mass is 10.2. The van der Waals surface area contributed by atoms with Crippen molar-refractivity contribution in [2.24, 2.45) is 0 Å². The minimum atomic E-state index is -4.87. The van der Waals surface area contributed by atoms with Gasteiger partial charge in [-0.05, 0) is 24.3 Å². The summed E-state index contributed by atoms with van der Waals surface area (Å²) in [6.45, 7) is -0.292. The first kappa shape index (κ1) is 17.8. The van der Waals surface area contributed by atoms with Gasteiger partial charge >= 0.3 is 11.9 Å². The number of benzene rings is 1. The van der Waals surface area contributed by atoms with Crippen LogP contribution in [0.2, 0.25) is 0 Å². The molecule has 2 aromatic heterocycles. The van der Waals surface area contributed by atoms with Crippen LogP contribution in [-0.2, 0) is 12.7 Å². The third kappa shape index (κ3) is 3.66. The fraction of sp³-hybridized carbons (Fsp3) is 0.154. The highest BCUT2D eigenvalue weighted by molar-refractivity contribution is 9.10. The smallest absolute Gasteiger partial charge is 0.343 e. The number of amides is 1. The highest BCUT2D eigenvalue weighted by Gasteiger charge is 2.42. The number of carbonyl (C=O) groups is 1. The van der Waals surface area contributed by atoms with E-state index in [4.69, 9.17) is 0 Å². The molecule has 26 heavy (non-hydrogen) atoms. The number of halogens is 4. The second-order valence-corrected chi connectivity index (χ2v) is 5.90. The molecule has 0 fully saturated rings. The van der Waals surface area contributed by atoms with Crippen molar-refractivity contribution in [1.82, 2.24) is 35.5 Å². The molecule has 1 aromatic carbocycles. The van der Waals surface area contributed by atoms with E-state index in [1.165, 1.54) is 24.3 Å². The van der Waals surface area contributed by atoms with Crippen LogP contribution in [0.15, 0.2) is 33.5 Å². The van der Waals surface area contributed by atoms with Gasteiger partial charge in [-0.2, -0.15) is 18.3 Å². The predicted molar refractivity (Wildman–Crippen MR) is 84.4 cm³/mol. The maximum Gasteiger partial charge on any atom is 0.435 e. The number of aromatic nitrogens is 6. The largest absolute Gasteiger partial charge is 0.435 e. The van der Waals surface area contributed by atoms with Crippen LogP contribution >= 0.6 is 15.9 Å². The van der Waals surface area contributed by atoms with Crippen molar-refractivity contribution in [2.75, 3.05) is 0 Å². The van der Waals surface area contributed by atoms with Crippen molar-refractivity contribution >= 4 is 21.8 Å². The lowest BCUT2D eigenvalue weighted by molar-refractivity contribution is -0.143. The monoisotopic (exact) mass is 431 g/mol. The van der Waals surface area contributed by atoms with E-state index in [9.17, 15) is 22.8 Å². The number of hydrogen-bond donors (Lipinski definition) is 3. The maximum atomic E-state index is 13.5. The van der Waals surface area contributed by atoms with Gasteiger partial charge in [-0.1, -0.05) is 21.1 Å². The van der Waals surface area contributed by atoms with Crippen LogP contribution in [0.3, 0.4) is 0 Å². The first-order valence-corrected chi connectivity index (χ1v) is 7.75. The van der Waals surface area contributed by atoms with Gasteiger partial charge in [0.25, 0.3) is 5.91 Å². The lowest BCUT2D eigenvalue weighted by Gasteiger charge is -2.11. The summed E-state index contributed by atoms with van der Waals surface area (Å²) in [6.07, 6.45) is -4.87. The van der Waals surface area contributed by atoms with Crippen LogP contribution in [0.4, 0.5) is 13.2 Å². The van der Waals surface area contributed by atoms with E-state index in [1.807, 2.05) is 0 Å². The molecule has 3 aromatic rings. The molecule has 0 saturated heterocycles. The third-order valence-corrected chi connectivity index (χ3v) is 3.72. The Labute approximate surface area is 150 Å². The average Bonchev–Trinajstić information content (AvgIpc) is 3.19. The Balaban J connectivity index is 1.92. The van der Waals surface area contributed by atoms with Crippen molar-refractivity contribution in [1.29, 1.82) is 0 Å². The molecular formula is C13H9BrF3N7O2. The highest BCUT2D eigenvalue weighted by atomic mass is 79.9. The number of H-pyrrole nitrogens is 2. The molecule has 0 unspecified atom stereocenters. The summed E-state index contributed by atoms with van der Waals surface area (Å²) in [5.41, 5.74) is -2.72. The third-order valence-electron chi connectivity index (χ3n) is 3.19. The van der Waals surface area contributed by atoms with Gasteiger partial charge in [0.05, 0.1) is 12.2 Å². The quantitative estimate of drug-likeness (QED) is 0.576. The Hall–Kier alpha value is -2.96. The van der Waals surface area contributed by atoms with Crippen LogP contribution in [-0.4, -0.2) is 36.1 Å². The summed E-state index contributed by atoms with van der Waals surface area (Å²) in [5.74, 6) is -1.05. The molecule has 1 amide bonds. The van der Waals surface area contributed by atoms with E-state index in [0.717, 1.165) is 0 Å². The second-order valence-electron chi connectivity index (χ2n) is 4.98. The normalized spacial score (nSPS) is 11.5. The summed E-state index contributed by atoms with van der Waals surface area (Å²) < 4.78 is 41.6. The molecule has 0 aliphatic rings. The molecule has 0 spiro atoms. The molecule has 0 aliphatic heterocycles.